The Balaban J connectivity index is 1.51. The van der Waals surface area contributed by atoms with Crippen LogP contribution in [0.3, 0.4) is 0 Å². The van der Waals surface area contributed by atoms with Gasteiger partial charge in [-0.05, 0) is 61.6 Å². The first-order chi connectivity index (χ1) is 14.0. The van der Waals surface area contributed by atoms with Gasteiger partial charge in [0.2, 0.25) is 10.0 Å². The van der Waals surface area contributed by atoms with Crippen molar-refractivity contribution >= 4 is 16.1 Å². The normalized spacial score (nSPS) is 26.4. The molecular weight excluding hydrogens is 412 g/mol. The number of urea groups is 1. The predicted octanol–water partition coefficient (Wildman–Crippen LogP) is 3.23. The summed E-state index contributed by atoms with van der Waals surface area (Å²) < 4.78 is 52.0. The average Bonchev–Trinajstić information content (AvgIpc) is 2.68. The van der Waals surface area contributed by atoms with Crippen LogP contribution < -0.4 is 5.32 Å². The molecule has 1 aliphatic heterocycles. The molecule has 3 rings (SSSR count). The zero-order valence-corrected chi connectivity index (χ0v) is 18.6. The van der Waals surface area contributed by atoms with E-state index in [1.54, 1.807) is 11.9 Å². The Morgan fingerprint density at radius 3 is 2.13 bits per heavy atom. The number of piperidine rings is 1. The number of carbonyl (C=O) groups excluding carboxylic acids is 1. The molecular formula is C21H31F2N3O3S. The number of sulfonamides is 1. The van der Waals surface area contributed by atoms with Crippen molar-refractivity contribution in [1.82, 2.24) is 14.5 Å². The zero-order chi connectivity index (χ0) is 22.1. The van der Waals surface area contributed by atoms with Crippen LogP contribution >= 0.6 is 0 Å². The van der Waals surface area contributed by atoms with Gasteiger partial charge >= 0.3 is 6.03 Å². The van der Waals surface area contributed by atoms with Crippen LogP contribution in [0.5, 0.6) is 0 Å². The van der Waals surface area contributed by atoms with Crippen LogP contribution in [0.25, 0.3) is 0 Å². The number of hydrogen-bond donors (Lipinski definition) is 1. The lowest BCUT2D eigenvalue weighted by Crippen LogP contribution is -2.52. The van der Waals surface area contributed by atoms with Gasteiger partial charge in [0.05, 0.1) is 6.26 Å². The molecule has 6 nitrogen and oxygen atoms in total. The molecule has 30 heavy (non-hydrogen) atoms. The summed E-state index contributed by atoms with van der Waals surface area (Å²) in [6, 6.07) is 3.56. The number of nitrogens with one attached hydrogen (secondary N) is 1. The molecule has 1 aromatic rings. The quantitative estimate of drug-likeness (QED) is 0.777. The summed E-state index contributed by atoms with van der Waals surface area (Å²) in [4.78, 5) is 14.4. The van der Waals surface area contributed by atoms with E-state index in [-0.39, 0.29) is 23.5 Å². The molecule has 168 valence electrons. The van der Waals surface area contributed by atoms with Gasteiger partial charge in [-0.1, -0.05) is 6.92 Å². The van der Waals surface area contributed by atoms with E-state index < -0.39 is 21.7 Å². The van der Waals surface area contributed by atoms with Crippen LogP contribution in [0.15, 0.2) is 18.2 Å². The van der Waals surface area contributed by atoms with E-state index >= 15 is 0 Å². The van der Waals surface area contributed by atoms with Crippen LogP contribution in [0, 0.1) is 11.6 Å². The summed E-state index contributed by atoms with van der Waals surface area (Å²) in [7, 11) is -1.44. The lowest BCUT2D eigenvalue weighted by molar-refractivity contribution is 0.155. The van der Waals surface area contributed by atoms with Crippen molar-refractivity contribution in [2.24, 2.45) is 0 Å². The summed E-state index contributed by atoms with van der Waals surface area (Å²) >= 11 is 0. The number of benzene rings is 1. The molecule has 2 amide bonds. The van der Waals surface area contributed by atoms with E-state index in [1.807, 2.05) is 6.92 Å². The first kappa shape index (κ1) is 22.9. The maximum atomic E-state index is 13.6. The first-order valence-electron chi connectivity index (χ1n) is 10.4. The van der Waals surface area contributed by atoms with Gasteiger partial charge in [0.1, 0.15) is 11.6 Å². The predicted molar refractivity (Wildman–Crippen MR) is 112 cm³/mol. The third-order valence-electron chi connectivity index (χ3n) is 6.74. The maximum Gasteiger partial charge on any atom is 0.317 e. The van der Waals surface area contributed by atoms with Gasteiger partial charge in [0.15, 0.2) is 0 Å². The van der Waals surface area contributed by atoms with Gasteiger partial charge < -0.3 is 10.2 Å². The molecule has 0 atom stereocenters. The third-order valence-corrected chi connectivity index (χ3v) is 8.04. The van der Waals surface area contributed by atoms with Crippen LogP contribution in [-0.2, 0) is 15.4 Å². The minimum atomic E-state index is -3.19. The fourth-order valence-corrected chi connectivity index (χ4v) is 5.47. The second-order valence-corrected chi connectivity index (χ2v) is 10.9. The number of halogens is 2. The van der Waals surface area contributed by atoms with E-state index in [2.05, 4.69) is 5.32 Å². The van der Waals surface area contributed by atoms with Crippen molar-refractivity contribution in [3.05, 3.63) is 35.4 Å². The Kier molecular flexibility index (Phi) is 6.72. The van der Waals surface area contributed by atoms with Gasteiger partial charge in [-0.15, -0.1) is 0 Å². The maximum absolute atomic E-state index is 13.6. The van der Waals surface area contributed by atoms with Crippen molar-refractivity contribution in [3.8, 4) is 0 Å². The number of hydrogen-bond acceptors (Lipinski definition) is 3. The summed E-state index contributed by atoms with van der Waals surface area (Å²) in [5.74, 6) is -1.13. The van der Waals surface area contributed by atoms with Crippen molar-refractivity contribution in [2.75, 3.05) is 26.4 Å². The molecule has 0 radical (unpaired) electrons. The number of amides is 2. The average molecular weight is 444 g/mol. The van der Waals surface area contributed by atoms with Crippen LogP contribution in [0.1, 0.15) is 51.0 Å². The SMILES string of the molecule is CN(C(=O)NC1CCC(C)(c2cc(F)cc(F)c2)CC1)C1CCN(S(C)(=O)=O)CC1. The Morgan fingerprint density at radius 2 is 1.63 bits per heavy atom. The van der Waals surface area contributed by atoms with Crippen LogP contribution in [0.2, 0.25) is 0 Å². The second-order valence-electron chi connectivity index (χ2n) is 8.95. The lowest BCUT2D eigenvalue weighted by atomic mass is 9.69. The summed E-state index contributed by atoms with van der Waals surface area (Å²) in [6.45, 7) is 2.86. The number of rotatable bonds is 4. The Labute approximate surface area is 177 Å². The van der Waals surface area contributed by atoms with Gasteiger partial charge in [0.25, 0.3) is 0 Å². The van der Waals surface area contributed by atoms with Crippen molar-refractivity contribution in [3.63, 3.8) is 0 Å². The molecule has 1 aliphatic carbocycles. The summed E-state index contributed by atoms with van der Waals surface area (Å²) in [6.07, 6.45) is 5.38. The largest absolute Gasteiger partial charge is 0.335 e. The van der Waals surface area contributed by atoms with Crippen LogP contribution in [0.4, 0.5) is 13.6 Å². The number of carbonyl (C=O) groups is 1. The highest BCUT2D eigenvalue weighted by molar-refractivity contribution is 7.88. The van der Waals surface area contributed by atoms with Crippen molar-refractivity contribution in [2.45, 2.75) is 62.9 Å². The van der Waals surface area contributed by atoms with Crippen molar-refractivity contribution in [1.29, 1.82) is 0 Å². The van der Waals surface area contributed by atoms with E-state index in [0.717, 1.165) is 31.7 Å². The molecule has 0 unspecified atom stereocenters. The molecule has 0 bridgehead atoms. The highest BCUT2D eigenvalue weighted by Crippen LogP contribution is 2.39. The molecule has 2 fully saturated rings. The molecule has 9 heteroatoms. The van der Waals surface area contributed by atoms with Crippen molar-refractivity contribution < 1.29 is 22.0 Å². The minimum absolute atomic E-state index is 0.00660. The monoisotopic (exact) mass is 443 g/mol. The molecule has 1 aromatic carbocycles. The van der Waals surface area contributed by atoms with E-state index in [9.17, 15) is 22.0 Å². The highest BCUT2D eigenvalue weighted by Gasteiger charge is 2.35. The summed E-state index contributed by atoms with van der Waals surface area (Å²) in [5, 5.41) is 3.08. The van der Waals surface area contributed by atoms with E-state index in [0.29, 0.717) is 31.5 Å². The molecule has 0 spiro atoms. The number of nitrogens with zero attached hydrogens (tertiary/aromatic N) is 2. The van der Waals surface area contributed by atoms with Gasteiger partial charge in [-0.2, -0.15) is 0 Å². The highest BCUT2D eigenvalue weighted by atomic mass is 32.2. The topological polar surface area (TPSA) is 69.7 Å². The fraction of sp³-hybridized carbons (Fsp3) is 0.667. The lowest BCUT2D eigenvalue weighted by Gasteiger charge is -2.40. The molecule has 1 saturated carbocycles. The second kappa shape index (κ2) is 8.78. The van der Waals surface area contributed by atoms with E-state index in [1.165, 1.54) is 22.7 Å². The smallest absolute Gasteiger partial charge is 0.317 e. The minimum Gasteiger partial charge on any atom is -0.335 e. The Hall–Kier alpha value is -1.74. The van der Waals surface area contributed by atoms with Crippen LogP contribution in [-0.4, -0.2) is 62.1 Å². The molecule has 1 N–H and O–H groups in total. The van der Waals surface area contributed by atoms with Gasteiger partial charge in [0, 0.05) is 38.3 Å². The van der Waals surface area contributed by atoms with E-state index in [4.69, 9.17) is 0 Å². The fourth-order valence-electron chi connectivity index (χ4n) is 4.59. The zero-order valence-electron chi connectivity index (χ0n) is 17.8. The molecule has 2 aliphatic rings. The molecule has 1 heterocycles. The molecule has 1 saturated heterocycles. The summed E-state index contributed by atoms with van der Waals surface area (Å²) in [5.41, 5.74) is 0.355. The standard InChI is InChI=1S/C21H31F2N3O3S/c1-21(15-12-16(22)14-17(23)13-15)8-4-18(5-9-21)24-20(27)25(2)19-6-10-26(11-7-19)30(3,28)29/h12-14,18-19H,4-11H2,1-3H3,(H,24,27). The van der Waals surface area contributed by atoms with Gasteiger partial charge in [-0.3, -0.25) is 0 Å². The first-order valence-corrected chi connectivity index (χ1v) is 12.3. The Morgan fingerprint density at radius 1 is 1.10 bits per heavy atom. The third kappa shape index (κ3) is 5.29. The Bertz CT molecular complexity index is 857. The molecule has 0 aromatic heterocycles. The van der Waals surface area contributed by atoms with Gasteiger partial charge in [-0.25, -0.2) is 26.3 Å².